The lowest BCUT2D eigenvalue weighted by molar-refractivity contribution is -0.136. The van der Waals surface area contributed by atoms with E-state index in [9.17, 15) is 13.2 Å². The summed E-state index contributed by atoms with van der Waals surface area (Å²) in [7, 11) is -3.22. The zero-order valence-electron chi connectivity index (χ0n) is 15.3. The maximum atomic E-state index is 12.3. The van der Waals surface area contributed by atoms with Gasteiger partial charge in [-0.1, -0.05) is 18.2 Å². The Bertz CT molecular complexity index is 724. The molecule has 2 fully saturated rings. The van der Waals surface area contributed by atoms with Gasteiger partial charge in [-0.3, -0.25) is 14.6 Å². The molecular formula is C18H27N3O4S. The summed E-state index contributed by atoms with van der Waals surface area (Å²) in [6.07, 6.45) is 1.25. The van der Waals surface area contributed by atoms with Gasteiger partial charge in [-0.25, -0.2) is 8.42 Å². The Labute approximate surface area is 155 Å². The molecule has 1 amide bonds. The van der Waals surface area contributed by atoms with Crippen LogP contribution < -0.4 is 0 Å². The van der Waals surface area contributed by atoms with Gasteiger partial charge in [0.05, 0.1) is 24.7 Å². The quantitative estimate of drug-likeness (QED) is 0.719. The summed E-state index contributed by atoms with van der Waals surface area (Å²) < 4.78 is 29.2. The van der Waals surface area contributed by atoms with Crippen molar-refractivity contribution in [2.24, 2.45) is 0 Å². The lowest BCUT2D eigenvalue weighted by atomic mass is 10.2. The molecule has 2 saturated heterocycles. The number of amides is 1. The number of ether oxygens (including phenoxy) is 1. The number of sulfone groups is 1. The SMILES string of the molecule is CS(=O)(=O)c1ccccc1CN1CCN(CC(=O)N2CCOCC2)CC1. The molecule has 0 aromatic heterocycles. The minimum atomic E-state index is -3.22. The molecule has 2 heterocycles. The number of hydrogen-bond donors (Lipinski definition) is 0. The smallest absolute Gasteiger partial charge is 0.236 e. The predicted molar refractivity (Wildman–Crippen MR) is 98.7 cm³/mol. The fourth-order valence-electron chi connectivity index (χ4n) is 3.45. The van der Waals surface area contributed by atoms with E-state index in [-0.39, 0.29) is 5.91 Å². The first-order valence-electron chi connectivity index (χ1n) is 9.02. The molecule has 0 spiro atoms. The highest BCUT2D eigenvalue weighted by Crippen LogP contribution is 2.18. The molecule has 3 rings (SSSR count). The largest absolute Gasteiger partial charge is 0.378 e. The summed E-state index contributed by atoms with van der Waals surface area (Å²) in [6, 6.07) is 7.18. The lowest BCUT2D eigenvalue weighted by Gasteiger charge is -2.36. The van der Waals surface area contributed by atoms with Gasteiger partial charge < -0.3 is 9.64 Å². The summed E-state index contributed by atoms with van der Waals surface area (Å²) >= 11 is 0. The molecule has 0 atom stereocenters. The van der Waals surface area contributed by atoms with E-state index in [1.165, 1.54) is 6.26 Å². The van der Waals surface area contributed by atoms with Crippen molar-refractivity contribution >= 4 is 15.7 Å². The van der Waals surface area contributed by atoms with Crippen molar-refractivity contribution in [2.45, 2.75) is 11.4 Å². The van der Waals surface area contributed by atoms with Crippen LogP contribution in [-0.4, -0.2) is 94.3 Å². The number of rotatable bonds is 5. The summed E-state index contributed by atoms with van der Waals surface area (Å²) in [5.41, 5.74) is 0.841. The molecule has 7 nitrogen and oxygen atoms in total. The summed E-state index contributed by atoms with van der Waals surface area (Å²) in [5, 5.41) is 0. The molecule has 0 N–H and O–H groups in total. The normalized spacial score (nSPS) is 20.3. The summed E-state index contributed by atoms with van der Waals surface area (Å²) in [5.74, 6) is 0.171. The molecular weight excluding hydrogens is 354 g/mol. The van der Waals surface area contributed by atoms with Gasteiger partial charge in [-0.2, -0.15) is 0 Å². The summed E-state index contributed by atoms with van der Waals surface area (Å²) in [6.45, 7) is 6.97. The predicted octanol–water partition coefficient (Wildman–Crippen LogP) is 0.0665. The first-order chi connectivity index (χ1) is 12.4. The standard InChI is InChI=1S/C18H27N3O4S/c1-26(23,24)17-5-3-2-4-16(17)14-19-6-8-20(9-7-19)15-18(22)21-10-12-25-13-11-21/h2-5H,6-15H2,1H3. The number of nitrogens with zero attached hydrogens (tertiary/aromatic N) is 3. The minimum absolute atomic E-state index is 0.171. The zero-order chi connectivity index (χ0) is 18.6. The first kappa shape index (κ1) is 19.3. The molecule has 2 aliphatic heterocycles. The van der Waals surface area contributed by atoms with Crippen LogP contribution in [0.25, 0.3) is 0 Å². The highest BCUT2D eigenvalue weighted by atomic mass is 32.2. The number of carbonyl (C=O) groups is 1. The molecule has 0 aliphatic carbocycles. The van der Waals surface area contributed by atoms with Crippen molar-refractivity contribution in [3.8, 4) is 0 Å². The second kappa shape index (κ2) is 8.47. The topological polar surface area (TPSA) is 70.2 Å². The third-order valence-corrected chi connectivity index (χ3v) is 6.15. The number of piperazine rings is 1. The van der Waals surface area contributed by atoms with Crippen LogP contribution in [0, 0.1) is 0 Å². The second-order valence-corrected chi connectivity index (χ2v) is 8.91. The number of benzene rings is 1. The van der Waals surface area contributed by atoms with Crippen molar-refractivity contribution in [2.75, 3.05) is 65.3 Å². The molecule has 1 aromatic rings. The maximum absolute atomic E-state index is 12.3. The zero-order valence-corrected chi connectivity index (χ0v) is 16.1. The van der Waals surface area contributed by atoms with Crippen LogP contribution in [0.5, 0.6) is 0 Å². The van der Waals surface area contributed by atoms with Gasteiger partial charge in [0.25, 0.3) is 0 Å². The molecule has 8 heteroatoms. The third-order valence-electron chi connectivity index (χ3n) is 4.95. The Kier molecular flexibility index (Phi) is 6.29. The van der Waals surface area contributed by atoms with Gasteiger partial charge in [-0.05, 0) is 11.6 Å². The van der Waals surface area contributed by atoms with E-state index in [1.807, 2.05) is 17.0 Å². The van der Waals surface area contributed by atoms with Gasteiger partial charge in [0.2, 0.25) is 5.91 Å². The van der Waals surface area contributed by atoms with E-state index in [2.05, 4.69) is 9.80 Å². The molecule has 2 aliphatic rings. The minimum Gasteiger partial charge on any atom is -0.378 e. The van der Waals surface area contributed by atoms with E-state index >= 15 is 0 Å². The lowest BCUT2D eigenvalue weighted by Crippen LogP contribution is -2.51. The fourth-order valence-corrected chi connectivity index (χ4v) is 4.38. The monoisotopic (exact) mass is 381 g/mol. The first-order valence-corrected chi connectivity index (χ1v) is 10.9. The Morgan fingerprint density at radius 1 is 1.00 bits per heavy atom. The van der Waals surface area contributed by atoms with E-state index in [0.717, 1.165) is 31.7 Å². The second-order valence-electron chi connectivity index (χ2n) is 6.93. The molecule has 0 radical (unpaired) electrons. The van der Waals surface area contributed by atoms with Crippen molar-refractivity contribution in [1.82, 2.24) is 14.7 Å². The van der Waals surface area contributed by atoms with Crippen LogP contribution >= 0.6 is 0 Å². The van der Waals surface area contributed by atoms with Crippen LogP contribution in [0.4, 0.5) is 0 Å². The van der Waals surface area contributed by atoms with E-state index in [4.69, 9.17) is 4.74 Å². The maximum Gasteiger partial charge on any atom is 0.236 e. The van der Waals surface area contributed by atoms with E-state index < -0.39 is 9.84 Å². The van der Waals surface area contributed by atoms with Crippen molar-refractivity contribution < 1.29 is 17.9 Å². The van der Waals surface area contributed by atoms with Crippen molar-refractivity contribution in [1.29, 1.82) is 0 Å². The molecule has 26 heavy (non-hydrogen) atoms. The van der Waals surface area contributed by atoms with Crippen molar-refractivity contribution in [3.63, 3.8) is 0 Å². The Balaban J connectivity index is 1.51. The van der Waals surface area contributed by atoms with Crippen LogP contribution in [0.3, 0.4) is 0 Å². The van der Waals surface area contributed by atoms with E-state index in [0.29, 0.717) is 44.3 Å². The van der Waals surface area contributed by atoms with Crippen LogP contribution in [0.2, 0.25) is 0 Å². The van der Waals surface area contributed by atoms with Gasteiger partial charge in [0.1, 0.15) is 0 Å². The molecule has 0 bridgehead atoms. The average molecular weight is 381 g/mol. The van der Waals surface area contributed by atoms with Gasteiger partial charge in [0, 0.05) is 52.1 Å². The fraction of sp³-hybridized carbons (Fsp3) is 0.611. The molecule has 144 valence electrons. The average Bonchev–Trinajstić information content (AvgIpc) is 2.63. The molecule has 0 saturated carbocycles. The van der Waals surface area contributed by atoms with Crippen molar-refractivity contribution in [3.05, 3.63) is 29.8 Å². The summed E-state index contributed by atoms with van der Waals surface area (Å²) in [4.78, 5) is 19.0. The Morgan fingerprint density at radius 2 is 1.62 bits per heavy atom. The Morgan fingerprint density at radius 3 is 2.27 bits per heavy atom. The van der Waals surface area contributed by atoms with Crippen LogP contribution in [-0.2, 0) is 25.9 Å². The highest BCUT2D eigenvalue weighted by Gasteiger charge is 2.24. The number of hydrogen-bond acceptors (Lipinski definition) is 6. The third kappa shape index (κ3) is 5.03. The number of carbonyl (C=O) groups excluding carboxylic acids is 1. The van der Waals surface area contributed by atoms with Crippen LogP contribution in [0.15, 0.2) is 29.2 Å². The van der Waals surface area contributed by atoms with Gasteiger partial charge in [-0.15, -0.1) is 0 Å². The molecule has 0 unspecified atom stereocenters. The highest BCUT2D eigenvalue weighted by molar-refractivity contribution is 7.90. The van der Waals surface area contributed by atoms with Gasteiger partial charge >= 0.3 is 0 Å². The number of morpholine rings is 1. The van der Waals surface area contributed by atoms with Gasteiger partial charge in [0.15, 0.2) is 9.84 Å². The Hall–Kier alpha value is -1.48. The van der Waals surface area contributed by atoms with E-state index in [1.54, 1.807) is 12.1 Å². The van der Waals surface area contributed by atoms with Crippen LogP contribution in [0.1, 0.15) is 5.56 Å². The molecule has 1 aromatic carbocycles.